The summed E-state index contributed by atoms with van der Waals surface area (Å²) in [6.07, 6.45) is 9.66. The van der Waals surface area contributed by atoms with Crippen LogP contribution in [-0.4, -0.2) is 36.1 Å². The molecule has 1 N–H and O–H groups in total. The van der Waals surface area contributed by atoms with Gasteiger partial charge in [0.05, 0.1) is 0 Å². The molecule has 0 amide bonds. The van der Waals surface area contributed by atoms with Crippen molar-refractivity contribution in [3.63, 3.8) is 0 Å². The van der Waals surface area contributed by atoms with Gasteiger partial charge in [0.25, 0.3) is 0 Å². The number of hydrogen-bond acceptors (Lipinski definition) is 2. The molecule has 2 heteroatoms. The Bertz CT molecular complexity index is 242. The molecule has 2 atom stereocenters. The van der Waals surface area contributed by atoms with E-state index in [-0.39, 0.29) is 0 Å². The van der Waals surface area contributed by atoms with Crippen LogP contribution in [0.4, 0.5) is 0 Å². The van der Waals surface area contributed by atoms with E-state index in [9.17, 15) is 0 Å². The fourth-order valence-corrected chi connectivity index (χ4v) is 4.48. The van der Waals surface area contributed by atoms with E-state index in [2.05, 4.69) is 44.8 Å². The maximum Gasteiger partial charge on any atom is 0.0362 e. The monoisotopic (exact) mass is 282 g/mol. The van der Waals surface area contributed by atoms with Crippen LogP contribution in [0.15, 0.2) is 0 Å². The summed E-state index contributed by atoms with van der Waals surface area (Å²) in [5.41, 5.74) is 0.432. The van der Waals surface area contributed by atoms with Gasteiger partial charge in [-0.3, -0.25) is 4.90 Å². The quantitative estimate of drug-likeness (QED) is 0.637. The van der Waals surface area contributed by atoms with Gasteiger partial charge in [-0.1, -0.05) is 60.3 Å². The van der Waals surface area contributed by atoms with E-state index in [1.165, 1.54) is 58.0 Å². The molecule has 0 aromatic rings. The molecule has 0 aromatic heterocycles. The Balaban J connectivity index is 2.87. The fraction of sp³-hybridized carbons (Fsp3) is 1.00. The first-order valence-electron chi connectivity index (χ1n) is 9.12. The largest absolute Gasteiger partial charge is 0.312 e. The summed E-state index contributed by atoms with van der Waals surface area (Å²) in [5, 5.41) is 3.86. The fourth-order valence-electron chi connectivity index (χ4n) is 4.48. The highest BCUT2D eigenvalue weighted by Crippen LogP contribution is 2.40. The molecule has 0 aromatic carbocycles. The lowest BCUT2D eigenvalue weighted by Gasteiger charge is -2.47. The average Bonchev–Trinajstić information content (AvgIpc) is 2.90. The van der Waals surface area contributed by atoms with Crippen LogP contribution in [0.25, 0.3) is 0 Å². The lowest BCUT2D eigenvalue weighted by atomic mass is 9.80. The predicted octanol–water partition coefficient (Wildman–Crippen LogP) is 4.45. The van der Waals surface area contributed by atoms with Crippen molar-refractivity contribution in [2.45, 2.75) is 91.1 Å². The zero-order valence-electron chi connectivity index (χ0n) is 14.7. The SMILES string of the molecule is CCCC(C)CC(NCC)C1(N(CC)CC)CCCC1. The highest BCUT2D eigenvalue weighted by atomic mass is 15.2. The van der Waals surface area contributed by atoms with Crippen molar-refractivity contribution in [1.29, 1.82) is 0 Å². The van der Waals surface area contributed by atoms with E-state index in [4.69, 9.17) is 0 Å². The van der Waals surface area contributed by atoms with E-state index in [1.807, 2.05) is 0 Å². The van der Waals surface area contributed by atoms with Gasteiger partial charge in [0.15, 0.2) is 0 Å². The van der Waals surface area contributed by atoms with Crippen LogP contribution in [-0.2, 0) is 0 Å². The Morgan fingerprint density at radius 2 is 1.65 bits per heavy atom. The van der Waals surface area contributed by atoms with Crippen LogP contribution in [0.3, 0.4) is 0 Å². The average molecular weight is 283 g/mol. The predicted molar refractivity (Wildman–Crippen MR) is 90.3 cm³/mol. The molecule has 0 heterocycles. The van der Waals surface area contributed by atoms with E-state index in [0.29, 0.717) is 11.6 Å². The van der Waals surface area contributed by atoms with Gasteiger partial charge < -0.3 is 5.32 Å². The standard InChI is InChI=1S/C18H38N2/c1-6-12-16(5)15-17(19-7-2)18(13-10-11-14-18)20(8-3)9-4/h16-17,19H,6-15H2,1-5H3. The third kappa shape index (κ3) is 4.21. The van der Waals surface area contributed by atoms with Crippen LogP contribution >= 0.6 is 0 Å². The minimum atomic E-state index is 0.432. The number of hydrogen-bond donors (Lipinski definition) is 1. The molecule has 1 fully saturated rings. The minimum Gasteiger partial charge on any atom is -0.312 e. The van der Waals surface area contributed by atoms with Gasteiger partial charge in [-0.25, -0.2) is 0 Å². The summed E-state index contributed by atoms with van der Waals surface area (Å²) in [5.74, 6) is 0.845. The molecule has 1 aliphatic carbocycles. The van der Waals surface area contributed by atoms with Gasteiger partial charge in [0, 0.05) is 11.6 Å². The van der Waals surface area contributed by atoms with Gasteiger partial charge in [-0.15, -0.1) is 0 Å². The first-order chi connectivity index (χ1) is 9.64. The zero-order valence-corrected chi connectivity index (χ0v) is 14.7. The zero-order chi connectivity index (χ0) is 15.0. The van der Waals surface area contributed by atoms with Crippen LogP contribution in [0, 0.1) is 5.92 Å². The molecule has 1 rings (SSSR count). The second-order valence-electron chi connectivity index (χ2n) is 6.72. The van der Waals surface area contributed by atoms with Crippen molar-refractivity contribution in [3.8, 4) is 0 Å². The Labute approximate surface area is 127 Å². The molecule has 0 spiro atoms. The lowest BCUT2D eigenvalue weighted by molar-refractivity contribution is 0.0540. The van der Waals surface area contributed by atoms with Crippen LogP contribution in [0.1, 0.15) is 79.6 Å². The smallest absolute Gasteiger partial charge is 0.0362 e. The van der Waals surface area contributed by atoms with Gasteiger partial charge in [0.2, 0.25) is 0 Å². The van der Waals surface area contributed by atoms with Crippen molar-refractivity contribution in [3.05, 3.63) is 0 Å². The van der Waals surface area contributed by atoms with Crippen molar-refractivity contribution < 1.29 is 0 Å². The van der Waals surface area contributed by atoms with Crippen molar-refractivity contribution in [2.75, 3.05) is 19.6 Å². The third-order valence-electron chi connectivity index (χ3n) is 5.38. The Morgan fingerprint density at radius 3 is 2.10 bits per heavy atom. The Hall–Kier alpha value is -0.0800. The van der Waals surface area contributed by atoms with Gasteiger partial charge in [0.1, 0.15) is 0 Å². The van der Waals surface area contributed by atoms with Gasteiger partial charge >= 0.3 is 0 Å². The Kier molecular flexibility index (Phi) is 8.13. The molecule has 120 valence electrons. The van der Waals surface area contributed by atoms with Crippen LogP contribution in [0.5, 0.6) is 0 Å². The van der Waals surface area contributed by atoms with Gasteiger partial charge in [-0.05, 0) is 44.8 Å². The van der Waals surface area contributed by atoms with E-state index in [0.717, 1.165) is 12.5 Å². The molecule has 2 nitrogen and oxygen atoms in total. The third-order valence-corrected chi connectivity index (χ3v) is 5.38. The highest BCUT2D eigenvalue weighted by molar-refractivity contribution is 5.03. The molecule has 1 aliphatic rings. The van der Waals surface area contributed by atoms with E-state index in [1.54, 1.807) is 0 Å². The summed E-state index contributed by atoms with van der Waals surface area (Å²) in [7, 11) is 0. The number of rotatable bonds is 10. The Morgan fingerprint density at radius 1 is 1.05 bits per heavy atom. The first-order valence-corrected chi connectivity index (χ1v) is 9.12. The lowest BCUT2D eigenvalue weighted by Crippen LogP contribution is -2.60. The van der Waals surface area contributed by atoms with Crippen molar-refractivity contribution in [2.24, 2.45) is 5.92 Å². The van der Waals surface area contributed by atoms with Crippen molar-refractivity contribution in [1.82, 2.24) is 10.2 Å². The maximum atomic E-state index is 3.86. The second-order valence-corrected chi connectivity index (χ2v) is 6.72. The summed E-state index contributed by atoms with van der Waals surface area (Å²) in [6.45, 7) is 15.2. The maximum absolute atomic E-state index is 3.86. The number of nitrogens with zero attached hydrogens (tertiary/aromatic N) is 1. The molecular weight excluding hydrogens is 244 g/mol. The molecule has 2 unspecified atom stereocenters. The van der Waals surface area contributed by atoms with Crippen molar-refractivity contribution >= 4 is 0 Å². The minimum absolute atomic E-state index is 0.432. The number of likely N-dealkylation sites (N-methyl/N-ethyl adjacent to an activating group) is 2. The summed E-state index contributed by atoms with van der Waals surface area (Å²) < 4.78 is 0. The molecule has 1 saturated carbocycles. The molecule has 0 radical (unpaired) electrons. The normalized spacial score (nSPS) is 21.3. The summed E-state index contributed by atoms with van der Waals surface area (Å²) in [6, 6.07) is 0.677. The highest BCUT2D eigenvalue weighted by Gasteiger charge is 2.44. The number of nitrogens with one attached hydrogen (secondary N) is 1. The van der Waals surface area contributed by atoms with Gasteiger partial charge in [-0.2, -0.15) is 0 Å². The topological polar surface area (TPSA) is 15.3 Å². The second kappa shape index (κ2) is 9.04. The van der Waals surface area contributed by atoms with Crippen LogP contribution < -0.4 is 5.32 Å². The molecule has 0 aliphatic heterocycles. The molecular formula is C18H38N2. The molecule has 0 saturated heterocycles. The van der Waals surface area contributed by atoms with Crippen LogP contribution in [0.2, 0.25) is 0 Å². The van der Waals surface area contributed by atoms with E-state index < -0.39 is 0 Å². The first kappa shape index (κ1) is 18.0. The molecule has 20 heavy (non-hydrogen) atoms. The molecule has 0 bridgehead atoms. The van der Waals surface area contributed by atoms with E-state index >= 15 is 0 Å². The summed E-state index contributed by atoms with van der Waals surface area (Å²) >= 11 is 0. The summed E-state index contributed by atoms with van der Waals surface area (Å²) in [4.78, 5) is 2.76.